The third kappa shape index (κ3) is 2.82. The number of aromatic amines is 1. The van der Waals surface area contributed by atoms with Gasteiger partial charge in [-0.3, -0.25) is 14.5 Å². The van der Waals surface area contributed by atoms with Gasteiger partial charge in [0.2, 0.25) is 5.91 Å². The normalized spacial score (nSPS) is 17.0. The number of aryl methyl sites for hydroxylation is 1. The molecule has 0 unspecified atom stereocenters. The van der Waals surface area contributed by atoms with Gasteiger partial charge in [0.15, 0.2) is 11.6 Å². The molecule has 7 heteroatoms. The van der Waals surface area contributed by atoms with E-state index in [4.69, 9.17) is 0 Å². The first-order chi connectivity index (χ1) is 12.1. The second-order valence-electron chi connectivity index (χ2n) is 6.42. The zero-order chi connectivity index (χ0) is 17.4. The van der Waals surface area contributed by atoms with Gasteiger partial charge >= 0.3 is 0 Å². The number of H-pyrrole nitrogens is 1. The van der Waals surface area contributed by atoms with Crippen molar-refractivity contribution in [1.82, 2.24) is 29.9 Å². The Kier molecular flexibility index (Phi) is 3.83. The Balaban J connectivity index is 1.57. The fourth-order valence-corrected chi connectivity index (χ4v) is 3.27. The topological polar surface area (TPSA) is 79.7 Å². The van der Waals surface area contributed by atoms with Crippen LogP contribution in [-0.4, -0.2) is 42.3 Å². The number of carbonyl (C=O) groups is 1. The molecule has 1 amide bonds. The summed E-state index contributed by atoms with van der Waals surface area (Å²) in [6.45, 7) is 4.99. The van der Waals surface area contributed by atoms with Gasteiger partial charge in [-0.15, -0.1) is 10.2 Å². The molecule has 25 heavy (non-hydrogen) atoms. The molecule has 0 radical (unpaired) electrons. The average molecular weight is 336 g/mol. The highest BCUT2D eigenvalue weighted by atomic mass is 16.2. The predicted octanol–water partition coefficient (Wildman–Crippen LogP) is 2.12. The Hall–Kier alpha value is -2.96. The monoisotopic (exact) mass is 336 g/mol. The van der Waals surface area contributed by atoms with Crippen molar-refractivity contribution in [2.75, 3.05) is 6.54 Å². The summed E-state index contributed by atoms with van der Waals surface area (Å²) in [4.78, 5) is 14.7. The summed E-state index contributed by atoms with van der Waals surface area (Å²) in [7, 11) is 0. The molecule has 3 aromatic rings. The highest BCUT2D eigenvalue weighted by Crippen LogP contribution is 2.27. The maximum Gasteiger partial charge on any atom is 0.245 e. The van der Waals surface area contributed by atoms with Gasteiger partial charge in [-0.1, -0.05) is 30.3 Å². The molecule has 0 saturated heterocycles. The second-order valence-corrected chi connectivity index (χ2v) is 6.42. The van der Waals surface area contributed by atoms with Gasteiger partial charge in [-0.05, 0) is 31.9 Å². The second kappa shape index (κ2) is 6.16. The minimum Gasteiger partial charge on any atom is -0.333 e. The lowest BCUT2D eigenvalue weighted by Crippen LogP contribution is -2.42. The third-order valence-corrected chi connectivity index (χ3v) is 4.60. The van der Waals surface area contributed by atoms with E-state index in [2.05, 4.69) is 32.5 Å². The predicted molar refractivity (Wildman–Crippen MR) is 92.6 cm³/mol. The van der Waals surface area contributed by atoms with Crippen molar-refractivity contribution >= 4 is 5.91 Å². The fourth-order valence-electron chi connectivity index (χ4n) is 3.27. The molecule has 1 aliphatic rings. The van der Waals surface area contributed by atoms with E-state index in [-0.39, 0.29) is 11.9 Å². The first kappa shape index (κ1) is 15.6. The van der Waals surface area contributed by atoms with Crippen LogP contribution in [0.25, 0.3) is 11.5 Å². The van der Waals surface area contributed by atoms with Crippen LogP contribution in [0.15, 0.2) is 36.4 Å². The van der Waals surface area contributed by atoms with Gasteiger partial charge in [-0.25, -0.2) is 0 Å². The first-order valence-corrected chi connectivity index (χ1v) is 8.42. The highest BCUT2D eigenvalue weighted by Gasteiger charge is 2.33. The summed E-state index contributed by atoms with van der Waals surface area (Å²) in [5.74, 6) is 1.54. The standard InChI is InChI=1S/C18H20N6O/c1-12-10-15(20-19-12)17-22-21-16-11-23(18(25)13(2)24(16)17)9-8-14-6-4-3-5-7-14/h3-7,10,13H,8-9,11H2,1-2H3,(H,19,20)/t13-/m0/s1. The Labute approximate surface area is 145 Å². The van der Waals surface area contributed by atoms with Crippen molar-refractivity contribution in [2.45, 2.75) is 32.9 Å². The highest BCUT2D eigenvalue weighted by molar-refractivity contribution is 5.81. The largest absolute Gasteiger partial charge is 0.333 e. The molecule has 1 atom stereocenters. The van der Waals surface area contributed by atoms with Crippen LogP contribution in [0.1, 0.15) is 30.0 Å². The fraction of sp³-hybridized carbons (Fsp3) is 0.333. The number of amides is 1. The number of benzene rings is 1. The van der Waals surface area contributed by atoms with E-state index in [0.29, 0.717) is 24.6 Å². The van der Waals surface area contributed by atoms with Gasteiger partial charge in [0, 0.05) is 12.2 Å². The molecule has 7 nitrogen and oxygen atoms in total. The number of rotatable bonds is 4. The van der Waals surface area contributed by atoms with E-state index in [0.717, 1.165) is 17.9 Å². The molecule has 0 spiro atoms. The van der Waals surface area contributed by atoms with Gasteiger partial charge in [0.25, 0.3) is 0 Å². The molecular formula is C18H20N6O. The average Bonchev–Trinajstić information content (AvgIpc) is 3.23. The summed E-state index contributed by atoms with van der Waals surface area (Å²) in [5.41, 5.74) is 2.89. The van der Waals surface area contributed by atoms with Crippen LogP contribution < -0.4 is 0 Å². The molecule has 3 heterocycles. The zero-order valence-corrected chi connectivity index (χ0v) is 14.3. The van der Waals surface area contributed by atoms with Gasteiger partial charge in [0.1, 0.15) is 11.7 Å². The van der Waals surface area contributed by atoms with Crippen LogP contribution in [0.2, 0.25) is 0 Å². The van der Waals surface area contributed by atoms with Crippen molar-refractivity contribution in [3.8, 4) is 11.5 Å². The molecule has 1 N–H and O–H groups in total. The maximum atomic E-state index is 12.8. The lowest BCUT2D eigenvalue weighted by Gasteiger charge is -2.32. The number of nitrogens with one attached hydrogen (secondary N) is 1. The molecule has 128 valence electrons. The molecule has 0 saturated carbocycles. The van der Waals surface area contributed by atoms with E-state index >= 15 is 0 Å². The first-order valence-electron chi connectivity index (χ1n) is 8.42. The Morgan fingerprint density at radius 3 is 2.76 bits per heavy atom. The van der Waals surface area contributed by atoms with E-state index in [1.165, 1.54) is 5.56 Å². The van der Waals surface area contributed by atoms with Gasteiger partial charge in [0.05, 0.1) is 6.54 Å². The van der Waals surface area contributed by atoms with E-state index in [9.17, 15) is 4.79 Å². The zero-order valence-electron chi connectivity index (χ0n) is 14.3. The third-order valence-electron chi connectivity index (χ3n) is 4.60. The van der Waals surface area contributed by atoms with Crippen molar-refractivity contribution in [2.24, 2.45) is 0 Å². The Morgan fingerprint density at radius 1 is 1.24 bits per heavy atom. The van der Waals surface area contributed by atoms with Crippen molar-refractivity contribution in [3.05, 3.63) is 53.5 Å². The van der Waals surface area contributed by atoms with Crippen LogP contribution in [0.3, 0.4) is 0 Å². The molecule has 0 aliphatic carbocycles. The number of aromatic nitrogens is 5. The van der Waals surface area contributed by atoms with E-state index in [1.807, 2.05) is 47.6 Å². The number of nitrogens with zero attached hydrogens (tertiary/aromatic N) is 5. The number of carbonyl (C=O) groups excluding carboxylic acids is 1. The van der Waals surface area contributed by atoms with Crippen LogP contribution in [-0.2, 0) is 17.8 Å². The quantitative estimate of drug-likeness (QED) is 0.791. The van der Waals surface area contributed by atoms with Crippen LogP contribution >= 0.6 is 0 Å². The summed E-state index contributed by atoms with van der Waals surface area (Å²) < 4.78 is 1.90. The molecule has 0 bridgehead atoms. The van der Waals surface area contributed by atoms with Crippen LogP contribution in [0.5, 0.6) is 0 Å². The molecule has 4 rings (SSSR count). The SMILES string of the molecule is Cc1cc(-c2nnc3n2[C@@H](C)C(=O)N(CCc2ccccc2)C3)n[nH]1. The smallest absolute Gasteiger partial charge is 0.245 e. The lowest BCUT2D eigenvalue weighted by atomic mass is 10.1. The summed E-state index contributed by atoms with van der Waals surface area (Å²) in [6, 6.07) is 11.8. The molecule has 2 aromatic heterocycles. The lowest BCUT2D eigenvalue weighted by molar-refractivity contribution is -0.136. The van der Waals surface area contributed by atoms with Crippen molar-refractivity contribution in [3.63, 3.8) is 0 Å². The molecular weight excluding hydrogens is 316 g/mol. The van der Waals surface area contributed by atoms with Gasteiger partial charge < -0.3 is 4.90 Å². The van der Waals surface area contributed by atoms with Crippen LogP contribution in [0, 0.1) is 6.92 Å². The number of fused-ring (bicyclic) bond motifs is 1. The summed E-state index contributed by atoms with van der Waals surface area (Å²) in [6.07, 6.45) is 0.832. The van der Waals surface area contributed by atoms with Crippen molar-refractivity contribution < 1.29 is 4.79 Å². The summed E-state index contributed by atoms with van der Waals surface area (Å²) in [5, 5.41) is 15.7. The number of hydrogen-bond donors (Lipinski definition) is 1. The minimum atomic E-state index is -0.332. The van der Waals surface area contributed by atoms with Gasteiger partial charge in [-0.2, -0.15) is 5.10 Å². The minimum absolute atomic E-state index is 0.0942. The van der Waals surface area contributed by atoms with Crippen molar-refractivity contribution in [1.29, 1.82) is 0 Å². The molecule has 0 fully saturated rings. The van der Waals surface area contributed by atoms with E-state index in [1.54, 1.807) is 0 Å². The van der Waals surface area contributed by atoms with Crippen LogP contribution in [0.4, 0.5) is 0 Å². The summed E-state index contributed by atoms with van der Waals surface area (Å²) >= 11 is 0. The molecule has 1 aromatic carbocycles. The van der Waals surface area contributed by atoms with E-state index < -0.39 is 0 Å². The Bertz CT molecular complexity index is 897. The number of hydrogen-bond acceptors (Lipinski definition) is 4. The molecule has 1 aliphatic heterocycles. The maximum absolute atomic E-state index is 12.8. The Morgan fingerprint density at radius 2 is 2.04 bits per heavy atom.